The number of carboxylic acids is 1. The molecule has 2 rings (SSSR count). The van der Waals surface area contributed by atoms with Crippen LogP contribution in [0.1, 0.15) is 39.0 Å². The smallest absolute Gasteiger partial charge is 0.311 e. The zero-order valence-electron chi connectivity index (χ0n) is 11.6. The molecule has 1 N–H and O–H groups in total. The molecule has 2 heterocycles. The van der Waals surface area contributed by atoms with Crippen LogP contribution in [0, 0.1) is 17.8 Å². The predicted molar refractivity (Wildman–Crippen MR) is 71.8 cm³/mol. The van der Waals surface area contributed by atoms with Crippen molar-refractivity contribution in [3.05, 3.63) is 0 Å². The molecule has 20 heavy (non-hydrogen) atoms. The molecular formula is C14H19N3O3. The van der Waals surface area contributed by atoms with Gasteiger partial charge < -0.3 is 10.0 Å². The summed E-state index contributed by atoms with van der Waals surface area (Å²) in [5, 5.41) is 17.1. The van der Waals surface area contributed by atoms with E-state index in [9.17, 15) is 9.59 Å². The van der Waals surface area contributed by atoms with Crippen LogP contribution >= 0.6 is 0 Å². The van der Waals surface area contributed by atoms with Crippen molar-refractivity contribution in [2.24, 2.45) is 15.6 Å². The van der Waals surface area contributed by atoms with Gasteiger partial charge in [-0.25, -0.2) is 0 Å². The molecule has 0 aromatic heterocycles. The van der Waals surface area contributed by atoms with Crippen molar-refractivity contribution < 1.29 is 14.7 Å². The highest BCUT2D eigenvalue weighted by molar-refractivity contribution is 5.80. The summed E-state index contributed by atoms with van der Waals surface area (Å²) in [7, 11) is 0. The molecule has 0 radical (unpaired) electrons. The zero-order chi connectivity index (χ0) is 14.8. The average molecular weight is 277 g/mol. The first-order valence-corrected chi connectivity index (χ1v) is 6.80. The Bertz CT molecular complexity index is 488. The minimum Gasteiger partial charge on any atom is -0.481 e. The second-order valence-corrected chi connectivity index (χ2v) is 5.82. The summed E-state index contributed by atoms with van der Waals surface area (Å²) in [6.45, 7) is 2.47. The first kappa shape index (κ1) is 14.5. The quantitative estimate of drug-likeness (QED) is 0.750. The minimum atomic E-state index is -0.842. The number of aliphatic carboxylic acids is 1. The third-order valence-corrected chi connectivity index (χ3v) is 4.13. The van der Waals surface area contributed by atoms with Gasteiger partial charge in [-0.2, -0.15) is 10.2 Å². The molecule has 0 aliphatic carbocycles. The normalized spacial score (nSPS) is 26.3. The SMILES string of the molecule is C#CCCC1(CCC(=O)N2CCC(C)(C(=O)O)C2)N=N1. The zero-order valence-corrected chi connectivity index (χ0v) is 11.6. The van der Waals surface area contributed by atoms with E-state index in [0.717, 1.165) is 0 Å². The molecule has 2 aliphatic rings. The Kier molecular flexibility index (Phi) is 3.80. The van der Waals surface area contributed by atoms with Gasteiger partial charge in [-0.3, -0.25) is 9.59 Å². The fourth-order valence-electron chi connectivity index (χ4n) is 2.48. The summed E-state index contributed by atoms with van der Waals surface area (Å²) in [5.74, 6) is 1.69. The number of rotatable bonds is 6. The summed E-state index contributed by atoms with van der Waals surface area (Å²) in [4.78, 5) is 24.9. The predicted octanol–water partition coefficient (Wildman–Crippen LogP) is 1.67. The van der Waals surface area contributed by atoms with E-state index in [4.69, 9.17) is 11.5 Å². The molecule has 1 saturated heterocycles. The van der Waals surface area contributed by atoms with Crippen LogP contribution in [-0.2, 0) is 9.59 Å². The molecule has 6 heteroatoms. The van der Waals surface area contributed by atoms with Crippen molar-refractivity contribution in [3.8, 4) is 12.3 Å². The number of hydrogen-bond donors (Lipinski definition) is 1. The number of hydrogen-bond acceptors (Lipinski definition) is 4. The van der Waals surface area contributed by atoms with E-state index < -0.39 is 17.0 Å². The van der Waals surface area contributed by atoms with Gasteiger partial charge in [-0.1, -0.05) is 0 Å². The highest BCUT2D eigenvalue weighted by Gasteiger charge is 2.43. The van der Waals surface area contributed by atoms with E-state index in [1.807, 2.05) is 0 Å². The topological polar surface area (TPSA) is 82.3 Å². The van der Waals surface area contributed by atoms with Gasteiger partial charge in [-0.05, 0) is 13.3 Å². The minimum absolute atomic E-state index is 0.0210. The van der Waals surface area contributed by atoms with E-state index >= 15 is 0 Å². The number of carboxylic acid groups (broad SMARTS) is 1. The molecule has 1 fully saturated rings. The van der Waals surface area contributed by atoms with Crippen molar-refractivity contribution >= 4 is 11.9 Å². The van der Waals surface area contributed by atoms with Gasteiger partial charge in [0.2, 0.25) is 5.91 Å². The first-order chi connectivity index (χ1) is 9.41. The lowest BCUT2D eigenvalue weighted by molar-refractivity contribution is -0.147. The van der Waals surface area contributed by atoms with Crippen LogP contribution < -0.4 is 0 Å². The van der Waals surface area contributed by atoms with Crippen LogP contribution in [0.3, 0.4) is 0 Å². The van der Waals surface area contributed by atoms with Gasteiger partial charge in [0.25, 0.3) is 0 Å². The second kappa shape index (κ2) is 5.23. The molecule has 108 valence electrons. The van der Waals surface area contributed by atoms with Crippen LogP contribution in [0.15, 0.2) is 10.2 Å². The third-order valence-electron chi connectivity index (χ3n) is 4.13. The lowest BCUT2D eigenvalue weighted by Gasteiger charge is -2.20. The van der Waals surface area contributed by atoms with E-state index in [-0.39, 0.29) is 12.5 Å². The van der Waals surface area contributed by atoms with Crippen LogP contribution in [0.25, 0.3) is 0 Å². The van der Waals surface area contributed by atoms with Crippen molar-refractivity contribution in [1.82, 2.24) is 4.90 Å². The van der Waals surface area contributed by atoms with Crippen molar-refractivity contribution in [1.29, 1.82) is 0 Å². The molecule has 2 aliphatic heterocycles. The maximum atomic E-state index is 12.1. The largest absolute Gasteiger partial charge is 0.481 e. The Morgan fingerprint density at radius 2 is 2.10 bits per heavy atom. The lowest BCUT2D eigenvalue weighted by Crippen LogP contribution is -2.35. The Morgan fingerprint density at radius 3 is 2.60 bits per heavy atom. The molecule has 1 amide bonds. The molecule has 1 unspecified atom stereocenters. The Balaban J connectivity index is 1.80. The maximum Gasteiger partial charge on any atom is 0.311 e. The molecule has 6 nitrogen and oxygen atoms in total. The second-order valence-electron chi connectivity index (χ2n) is 5.82. The summed E-state index contributed by atoms with van der Waals surface area (Å²) in [6, 6.07) is 0. The molecular weight excluding hydrogens is 258 g/mol. The van der Waals surface area contributed by atoms with Crippen molar-refractivity contribution in [2.75, 3.05) is 13.1 Å². The number of amides is 1. The lowest BCUT2D eigenvalue weighted by atomic mass is 9.90. The molecule has 1 atom stereocenters. The van der Waals surface area contributed by atoms with E-state index in [2.05, 4.69) is 16.1 Å². The number of terminal acetylenes is 1. The van der Waals surface area contributed by atoms with Gasteiger partial charge >= 0.3 is 5.97 Å². The summed E-state index contributed by atoms with van der Waals surface area (Å²) < 4.78 is 0. The van der Waals surface area contributed by atoms with Gasteiger partial charge in [-0.15, -0.1) is 12.3 Å². The Morgan fingerprint density at radius 1 is 1.40 bits per heavy atom. The van der Waals surface area contributed by atoms with Crippen LogP contribution in [-0.4, -0.2) is 40.6 Å². The van der Waals surface area contributed by atoms with Gasteiger partial charge in [0.1, 0.15) is 0 Å². The van der Waals surface area contributed by atoms with E-state index in [1.165, 1.54) is 0 Å². The number of carbonyl (C=O) groups is 2. The van der Waals surface area contributed by atoms with Gasteiger partial charge in [0, 0.05) is 38.8 Å². The molecule has 0 aromatic carbocycles. The number of nitrogens with zero attached hydrogens (tertiary/aromatic N) is 3. The van der Waals surface area contributed by atoms with Crippen LogP contribution in [0.4, 0.5) is 0 Å². The van der Waals surface area contributed by atoms with Crippen LogP contribution in [0.2, 0.25) is 0 Å². The highest BCUT2D eigenvalue weighted by Crippen LogP contribution is 2.38. The number of carbonyl (C=O) groups excluding carboxylic acids is 1. The Hall–Kier alpha value is -1.90. The van der Waals surface area contributed by atoms with Gasteiger partial charge in [0.05, 0.1) is 5.41 Å². The standard InChI is InChI=1S/C14H19N3O3/c1-3-4-6-14(15-16-14)7-5-11(18)17-9-8-13(2,10-17)12(19)20/h1H,4-10H2,2H3,(H,19,20). The van der Waals surface area contributed by atoms with Gasteiger partial charge in [0.15, 0.2) is 5.66 Å². The fourth-order valence-corrected chi connectivity index (χ4v) is 2.48. The van der Waals surface area contributed by atoms with E-state index in [0.29, 0.717) is 38.6 Å². The summed E-state index contributed by atoms with van der Waals surface area (Å²) >= 11 is 0. The third kappa shape index (κ3) is 2.98. The average Bonchev–Trinajstić information content (AvgIpc) is 3.08. The molecule has 0 saturated carbocycles. The molecule has 0 spiro atoms. The first-order valence-electron chi connectivity index (χ1n) is 6.80. The maximum absolute atomic E-state index is 12.1. The van der Waals surface area contributed by atoms with Crippen molar-refractivity contribution in [2.45, 2.75) is 44.7 Å². The summed E-state index contributed by atoms with van der Waals surface area (Å²) in [5.41, 5.74) is -1.26. The molecule has 0 bridgehead atoms. The monoisotopic (exact) mass is 277 g/mol. The highest BCUT2D eigenvalue weighted by atomic mass is 16.4. The Labute approximate surface area is 118 Å². The van der Waals surface area contributed by atoms with Crippen molar-refractivity contribution in [3.63, 3.8) is 0 Å². The van der Waals surface area contributed by atoms with E-state index in [1.54, 1.807) is 11.8 Å². The van der Waals surface area contributed by atoms with Crippen LogP contribution in [0.5, 0.6) is 0 Å². The summed E-state index contributed by atoms with van der Waals surface area (Å²) in [6.07, 6.45) is 7.91. The number of likely N-dealkylation sites (tertiary alicyclic amines) is 1. The fraction of sp³-hybridized carbons (Fsp3) is 0.714. The molecule has 0 aromatic rings.